The summed E-state index contributed by atoms with van der Waals surface area (Å²) in [5.41, 5.74) is 0.00115. The number of piperidine rings is 1. The molecule has 0 unspecified atom stereocenters. The number of benzene rings is 2. The van der Waals surface area contributed by atoms with Gasteiger partial charge in [-0.15, -0.1) is 13.2 Å². The molecule has 0 bridgehead atoms. The van der Waals surface area contributed by atoms with Crippen LogP contribution in [-0.4, -0.2) is 76.1 Å². The predicted octanol–water partition coefficient (Wildman–Crippen LogP) is 2.66. The van der Waals surface area contributed by atoms with Crippen LogP contribution < -0.4 is 14.8 Å². The molecule has 43 heavy (non-hydrogen) atoms. The molecule has 2 aliphatic heterocycles. The standard InChI is InChI=1S/C27H31F3N4O7S2/c1-19-17-23(43(39,40)31-12-2-3-15-35)8-7-20(19)9-16-42(37,38)34-13-10-26(11-14-34)25(36)32-24(33-26)21-5-4-6-22(18-21)41-27(28,29)30/h4-9,16-18,31,35H,2-3,10-15H2,1H3,(H,32,33,36)/b16-9+. The molecule has 16 heteroatoms. The van der Waals surface area contributed by atoms with E-state index in [0.717, 1.165) is 17.5 Å². The lowest BCUT2D eigenvalue weighted by Crippen LogP contribution is -2.50. The van der Waals surface area contributed by atoms with Gasteiger partial charge in [0, 0.05) is 37.2 Å². The number of nitrogens with one attached hydrogen (secondary N) is 2. The second-order valence-corrected chi connectivity index (χ2v) is 13.7. The first-order valence-electron chi connectivity index (χ1n) is 13.3. The van der Waals surface area contributed by atoms with E-state index in [0.29, 0.717) is 24.0 Å². The third kappa shape index (κ3) is 8.00. The van der Waals surface area contributed by atoms with E-state index in [9.17, 15) is 34.8 Å². The molecule has 234 valence electrons. The molecule has 11 nitrogen and oxygen atoms in total. The molecule has 1 spiro atoms. The van der Waals surface area contributed by atoms with E-state index in [2.05, 4.69) is 19.8 Å². The van der Waals surface area contributed by atoms with Gasteiger partial charge in [-0.1, -0.05) is 18.2 Å². The molecule has 1 saturated heterocycles. The largest absolute Gasteiger partial charge is 0.573 e. The quantitative estimate of drug-likeness (QED) is 0.318. The Bertz CT molecular complexity index is 1630. The molecule has 0 aromatic heterocycles. The normalized spacial score (nSPS) is 17.8. The van der Waals surface area contributed by atoms with Crippen molar-refractivity contribution in [2.75, 3.05) is 26.2 Å². The zero-order chi connectivity index (χ0) is 31.5. The summed E-state index contributed by atoms with van der Waals surface area (Å²) in [5, 5.41) is 12.4. The Kier molecular flexibility index (Phi) is 9.66. The van der Waals surface area contributed by atoms with Crippen LogP contribution in [0.1, 0.15) is 42.4 Å². The number of aliphatic hydroxyl groups excluding tert-OH is 1. The number of sulfonamides is 2. The second kappa shape index (κ2) is 12.7. The fourth-order valence-electron chi connectivity index (χ4n) is 4.72. The number of nitrogens with zero attached hydrogens (tertiary/aromatic N) is 2. The highest BCUT2D eigenvalue weighted by atomic mass is 32.2. The van der Waals surface area contributed by atoms with Gasteiger partial charge in [-0.3, -0.25) is 9.79 Å². The van der Waals surface area contributed by atoms with Gasteiger partial charge in [-0.25, -0.2) is 21.6 Å². The van der Waals surface area contributed by atoms with Crippen molar-refractivity contribution in [2.24, 2.45) is 4.99 Å². The molecule has 4 rings (SSSR count). The molecule has 2 aliphatic rings. The summed E-state index contributed by atoms with van der Waals surface area (Å²) in [4.78, 5) is 17.4. The third-order valence-electron chi connectivity index (χ3n) is 7.08. The Morgan fingerprint density at radius 1 is 1.12 bits per heavy atom. The van der Waals surface area contributed by atoms with Crippen molar-refractivity contribution in [3.8, 4) is 5.75 Å². The molecule has 0 aliphatic carbocycles. The van der Waals surface area contributed by atoms with Crippen LogP contribution in [0.5, 0.6) is 5.75 Å². The van der Waals surface area contributed by atoms with Crippen molar-refractivity contribution in [1.29, 1.82) is 0 Å². The summed E-state index contributed by atoms with van der Waals surface area (Å²) in [5.74, 6) is -0.853. The molecule has 0 atom stereocenters. The molecular formula is C27H31F3N4O7S2. The average molecular weight is 645 g/mol. The summed E-state index contributed by atoms with van der Waals surface area (Å²) in [6.07, 6.45) is -2.44. The van der Waals surface area contributed by atoms with Gasteiger partial charge in [0.25, 0.3) is 5.91 Å². The van der Waals surface area contributed by atoms with Gasteiger partial charge in [0.2, 0.25) is 20.0 Å². The fourth-order valence-corrected chi connectivity index (χ4v) is 7.06. The van der Waals surface area contributed by atoms with Crippen molar-refractivity contribution in [3.63, 3.8) is 0 Å². The maximum atomic E-state index is 13.1. The first kappa shape index (κ1) is 32.6. The maximum absolute atomic E-state index is 13.1. The third-order valence-corrected chi connectivity index (χ3v) is 10.1. The number of carbonyl (C=O) groups excluding carboxylic acids is 1. The van der Waals surface area contributed by atoms with Crippen LogP contribution in [0.3, 0.4) is 0 Å². The fraction of sp³-hybridized carbons (Fsp3) is 0.407. The molecule has 1 fully saturated rings. The summed E-state index contributed by atoms with van der Waals surface area (Å²) in [6, 6.07) is 9.36. The number of aliphatic imine (C=N–C) groups is 1. The molecule has 0 saturated carbocycles. The van der Waals surface area contributed by atoms with Gasteiger partial charge >= 0.3 is 6.36 Å². The maximum Gasteiger partial charge on any atom is 0.573 e. The lowest BCUT2D eigenvalue weighted by Gasteiger charge is -2.34. The molecule has 0 radical (unpaired) electrons. The zero-order valence-electron chi connectivity index (χ0n) is 23.1. The summed E-state index contributed by atoms with van der Waals surface area (Å²) >= 11 is 0. The monoisotopic (exact) mass is 644 g/mol. The van der Waals surface area contributed by atoms with Crippen molar-refractivity contribution < 1.29 is 44.6 Å². The Labute approximate surface area is 247 Å². The Hall–Kier alpha value is -3.31. The van der Waals surface area contributed by atoms with E-state index in [1.807, 2.05) is 0 Å². The van der Waals surface area contributed by atoms with Crippen LogP contribution in [0.4, 0.5) is 13.2 Å². The second-order valence-electron chi connectivity index (χ2n) is 10.1. The van der Waals surface area contributed by atoms with Crippen LogP contribution in [0.2, 0.25) is 0 Å². The van der Waals surface area contributed by atoms with E-state index in [4.69, 9.17) is 5.11 Å². The number of aliphatic hydroxyl groups is 1. The summed E-state index contributed by atoms with van der Waals surface area (Å²) < 4.78 is 96.6. The van der Waals surface area contributed by atoms with Gasteiger partial charge in [-0.05, 0) is 74.1 Å². The molecule has 3 N–H and O–H groups in total. The molecule has 2 heterocycles. The Morgan fingerprint density at radius 2 is 1.84 bits per heavy atom. The minimum Gasteiger partial charge on any atom is -0.406 e. The van der Waals surface area contributed by atoms with Crippen molar-refractivity contribution in [2.45, 2.75) is 49.4 Å². The minimum absolute atomic E-state index is 0.0216. The number of rotatable bonds is 11. The van der Waals surface area contributed by atoms with Crippen LogP contribution >= 0.6 is 0 Å². The highest BCUT2D eigenvalue weighted by molar-refractivity contribution is 7.92. The lowest BCUT2D eigenvalue weighted by atomic mass is 9.89. The van der Waals surface area contributed by atoms with Crippen LogP contribution in [0, 0.1) is 6.92 Å². The average Bonchev–Trinajstić information content (AvgIpc) is 3.25. The van der Waals surface area contributed by atoms with E-state index in [1.165, 1.54) is 40.7 Å². The number of carbonyl (C=O) groups is 1. The number of alkyl halides is 3. The van der Waals surface area contributed by atoms with Crippen molar-refractivity contribution >= 4 is 37.9 Å². The van der Waals surface area contributed by atoms with Crippen LogP contribution in [0.15, 0.2) is 57.8 Å². The van der Waals surface area contributed by atoms with Crippen molar-refractivity contribution in [3.05, 3.63) is 64.6 Å². The smallest absolute Gasteiger partial charge is 0.406 e. The molecule has 2 aromatic carbocycles. The van der Waals surface area contributed by atoms with Gasteiger partial charge in [0.15, 0.2) is 0 Å². The van der Waals surface area contributed by atoms with E-state index in [-0.39, 0.29) is 55.4 Å². The van der Waals surface area contributed by atoms with Gasteiger partial charge in [0.05, 0.1) is 4.90 Å². The van der Waals surface area contributed by atoms with Crippen molar-refractivity contribution in [1.82, 2.24) is 14.3 Å². The number of amides is 1. The lowest BCUT2D eigenvalue weighted by molar-refractivity contribution is -0.274. The van der Waals surface area contributed by atoms with Gasteiger partial charge in [-0.2, -0.15) is 4.31 Å². The number of hydrogen-bond donors (Lipinski definition) is 3. The number of aryl methyl sites for hydroxylation is 1. The first-order chi connectivity index (χ1) is 20.1. The minimum atomic E-state index is -4.88. The highest BCUT2D eigenvalue weighted by Gasteiger charge is 2.47. The van der Waals surface area contributed by atoms with Gasteiger partial charge in [0.1, 0.15) is 17.1 Å². The number of ether oxygens (including phenoxy) is 1. The highest BCUT2D eigenvalue weighted by Crippen LogP contribution is 2.33. The SMILES string of the molecule is Cc1cc(S(=O)(=O)NCCCCO)ccc1/C=C/S(=O)(=O)N1CCC2(CC1)N=C(c1cccc(OC(F)(F)F)c1)NC2=O. The Balaban J connectivity index is 1.41. The Morgan fingerprint density at radius 3 is 2.49 bits per heavy atom. The summed E-state index contributed by atoms with van der Waals surface area (Å²) in [6.45, 7) is 1.76. The molecule has 2 aromatic rings. The van der Waals surface area contributed by atoms with Gasteiger partial charge < -0.3 is 15.2 Å². The molecule has 1 amide bonds. The number of halogens is 3. The van der Waals surface area contributed by atoms with Crippen LogP contribution in [-0.2, 0) is 24.8 Å². The summed E-state index contributed by atoms with van der Waals surface area (Å²) in [7, 11) is -7.67. The van der Waals surface area contributed by atoms with Crippen LogP contribution in [0.25, 0.3) is 6.08 Å². The van der Waals surface area contributed by atoms with E-state index >= 15 is 0 Å². The zero-order valence-corrected chi connectivity index (χ0v) is 24.7. The predicted molar refractivity (Wildman–Crippen MR) is 152 cm³/mol. The number of amidine groups is 1. The number of hydrogen-bond acceptors (Lipinski definition) is 8. The van der Waals surface area contributed by atoms with E-state index < -0.39 is 43.6 Å². The topological polar surface area (TPSA) is 154 Å². The first-order valence-corrected chi connectivity index (χ1v) is 16.3. The number of unbranched alkanes of at least 4 members (excludes halogenated alkanes) is 1. The molecular weight excluding hydrogens is 613 g/mol. The van der Waals surface area contributed by atoms with E-state index in [1.54, 1.807) is 6.92 Å².